The summed E-state index contributed by atoms with van der Waals surface area (Å²) >= 11 is 0.982. The van der Waals surface area contributed by atoms with E-state index in [0.29, 0.717) is 29.4 Å². The molecule has 1 fully saturated rings. The minimum Gasteiger partial charge on any atom is -0.493 e. The monoisotopic (exact) mass is 397 g/mol. The summed E-state index contributed by atoms with van der Waals surface area (Å²) in [6.07, 6.45) is 3.23. The maximum Gasteiger partial charge on any atom is 0.293 e. The molecule has 0 aromatic heterocycles. The molecule has 1 aliphatic heterocycles. The molecule has 5 nitrogen and oxygen atoms in total. The van der Waals surface area contributed by atoms with Gasteiger partial charge >= 0.3 is 0 Å². The molecule has 0 spiro atoms. The molecule has 3 rings (SSSR count). The van der Waals surface area contributed by atoms with Gasteiger partial charge in [-0.1, -0.05) is 43.3 Å². The van der Waals surface area contributed by atoms with Gasteiger partial charge in [-0.25, -0.2) is 0 Å². The van der Waals surface area contributed by atoms with Crippen LogP contribution in [0.4, 0.5) is 4.79 Å². The summed E-state index contributed by atoms with van der Waals surface area (Å²) in [6.45, 7) is 2.39. The van der Waals surface area contributed by atoms with E-state index in [-0.39, 0.29) is 11.1 Å². The lowest BCUT2D eigenvalue weighted by atomic mass is 10.1. The smallest absolute Gasteiger partial charge is 0.293 e. The number of carbonyl (C=O) groups is 2. The van der Waals surface area contributed by atoms with Crippen molar-refractivity contribution in [1.82, 2.24) is 4.90 Å². The van der Waals surface area contributed by atoms with Gasteiger partial charge in [0.1, 0.15) is 0 Å². The van der Waals surface area contributed by atoms with E-state index >= 15 is 0 Å². The number of nitrogens with zero attached hydrogens (tertiary/aromatic N) is 1. The fourth-order valence-corrected chi connectivity index (χ4v) is 3.94. The van der Waals surface area contributed by atoms with Crippen molar-refractivity contribution in [3.05, 3.63) is 64.1 Å². The van der Waals surface area contributed by atoms with Crippen LogP contribution in [0.3, 0.4) is 0 Å². The maximum atomic E-state index is 12.7. The second-order valence-electron chi connectivity index (χ2n) is 6.33. The fraction of sp³-hybridized carbons (Fsp3) is 0.273. The number of benzene rings is 2. The van der Waals surface area contributed by atoms with Crippen LogP contribution in [0, 0.1) is 0 Å². The SMILES string of the molecule is CCc1ccc(C=C2SC(=O)N(CCc3cccc(OC)c3OC)C2=O)cc1. The van der Waals surface area contributed by atoms with Gasteiger partial charge in [-0.05, 0) is 53.4 Å². The summed E-state index contributed by atoms with van der Waals surface area (Å²) in [7, 11) is 3.16. The number of methoxy groups -OCH3 is 2. The molecule has 2 amide bonds. The van der Waals surface area contributed by atoms with E-state index in [1.54, 1.807) is 20.3 Å². The quantitative estimate of drug-likeness (QED) is 0.642. The van der Waals surface area contributed by atoms with Crippen LogP contribution in [0.25, 0.3) is 6.08 Å². The number of hydrogen-bond donors (Lipinski definition) is 0. The standard InChI is InChI=1S/C22H23NO4S/c1-4-15-8-10-16(11-9-15)14-19-21(24)23(22(25)28-19)13-12-17-6-5-7-18(26-2)20(17)27-3/h5-11,14H,4,12-13H2,1-3H3. The van der Waals surface area contributed by atoms with Crippen LogP contribution in [0.15, 0.2) is 47.4 Å². The molecule has 0 radical (unpaired) electrons. The zero-order chi connectivity index (χ0) is 20.1. The third-order valence-corrected chi connectivity index (χ3v) is 5.56. The molecule has 0 atom stereocenters. The number of carbonyl (C=O) groups excluding carboxylic acids is 2. The van der Waals surface area contributed by atoms with Crippen molar-refractivity contribution in [2.75, 3.05) is 20.8 Å². The highest BCUT2D eigenvalue weighted by Crippen LogP contribution is 2.34. The first-order chi connectivity index (χ1) is 13.6. The summed E-state index contributed by atoms with van der Waals surface area (Å²) in [5.74, 6) is 1.00. The molecule has 0 unspecified atom stereocenters. The minimum atomic E-state index is -0.253. The minimum absolute atomic E-state index is 0.247. The van der Waals surface area contributed by atoms with E-state index in [1.165, 1.54) is 10.5 Å². The molecule has 0 saturated carbocycles. The Bertz CT molecular complexity index is 905. The Balaban J connectivity index is 1.73. The number of rotatable bonds is 7. The highest BCUT2D eigenvalue weighted by atomic mass is 32.2. The number of aryl methyl sites for hydroxylation is 1. The van der Waals surface area contributed by atoms with Crippen molar-refractivity contribution < 1.29 is 19.1 Å². The highest BCUT2D eigenvalue weighted by molar-refractivity contribution is 8.18. The van der Waals surface area contributed by atoms with Crippen LogP contribution >= 0.6 is 11.8 Å². The normalized spacial score (nSPS) is 15.4. The van der Waals surface area contributed by atoms with Crippen molar-refractivity contribution in [1.29, 1.82) is 0 Å². The number of amides is 2. The van der Waals surface area contributed by atoms with Crippen LogP contribution in [0.1, 0.15) is 23.6 Å². The molecule has 6 heteroatoms. The van der Waals surface area contributed by atoms with Gasteiger partial charge in [0.05, 0.1) is 19.1 Å². The van der Waals surface area contributed by atoms with Gasteiger partial charge in [0.2, 0.25) is 0 Å². The van der Waals surface area contributed by atoms with Crippen molar-refractivity contribution in [2.45, 2.75) is 19.8 Å². The van der Waals surface area contributed by atoms with Crippen LogP contribution in [0.2, 0.25) is 0 Å². The van der Waals surface area contributed by atoms with Crippen LogP contribution in [-0.4, -0.2) is 36.8 Å². The van der Waals surface area contributed by atoms with Crippen LogP contribution < -0.4 is 9.47 Å². The maximum absolute atomic E-state index is 12.7. The number of ether oxygens (including phenoxy) is 2. The average Bonchev–Trinajstić information content (AvgIpc) is 2.99. The van der Waals surface area contributed by atoms with Gasteiger partial charge in [0, 0.05) is 6.54 Å². The Morgan fingerprint density at radius 2 is 1.79 bits per heavy atom. The first-order valence-corrected chi connectivity index (χ1v) is 9.93. The van der Waals surface area contributed by atoms with Crippen LogP contribution in [0.5, 0.6) is 11.5 Å². The lowest BCUT2D eigenvalue weighted by Crippen LogP contribution is -2.30. The Morgan fingerprint density at radius 3 is 2.43 bits per heavy atom. The van der Waals surface area contributed by atoms with Gasteiger partial charge in [0.25, 0.3) is 11.1 Å². The molecule has 2 aromatic carbocycles. The molecule has 1 saturated heterocycles. The fourth-order valence-electron chi connectivity index (χ4n) is 3.08. The van der Waals surface area contributed by atoms with Gasteiger partial charge < -0.3 is 9.47 Å². The van der Waals surface area contributed by atoms with E-state index in [0.717, 1.165) is 29.3 Å². The van der Waals surface area contributed by atoms with Crippen molar-refractivity contribution in [3.8, 4) is 11.5 Å². The predicted molar refractivity (Wildman–Crippen MR) is 112 cm³/mol. The molecule has 2 aromatic rings. The molecule has 0 aliphatic carbocycles. The van der Waals surface area contributed by atoms with E-state index in [2.05, 4.69) is 6.92 Å². The van der Waals surface area contributed by atoms with E-state index in [9.17, 15) is 9.59 Å². The predicted octanol–water partition coefficient (Wildman–Crippen LogP) is 4.55. The highest BCUT2D eigenvalue weighted by Gasteiger charge is 2.34. The number of para-hydroxylation sites is 1. The number of hydrogen-bond acceptors (Lipinski definition) is 5. The molecule has 1 heterocycles. The molecule has 28 heavy (non-hydrogen) atoms. The first-order valence-electron chi connectivity index (χ1n) is 9.11. The Kier molecular flexibility index (Phi) is 6.41. The molecular weight excluding hydrogens is 374 g/mol. The Labute approximate surface area is 169 Å². The van der Waals surface area contributed by atoms with Gasteiger partial charge in [-0.15, -0.1) is 0 Å². The molecule has 0 N–H and O–H groups in total. The zero-order valence-electron chi connectivity index (χ0n) is 16.2. The van der Waals surface area contributed by atoms with Gasteiger partial charge in [-0.2, -0.15) is 0 Å². The lowest BCUT2D eigenvalue weighted by Gasteiger charge is -2.15. The lowest BCUT2D eigenvalue weighted by molar-refractivity contribution is -0.122. The summed E-state index contributed by atoms with van der Waals surface area (Å²) in [5, 5.41) is -0.247. The van der Waals surface area contributed by atoms with Gasteiger partial charge in [-0.3, -0.25) is 14.5 Å². The van der Waals surface area contributed by atoms with Crippen molar-refractivity contribution >= 4 is 29.0 Å². The average molecular weight is 397 g/mol. The van der Waals surface area contributed by atoms with E-state index in [1.807, 2.05) is 42.5 Å². The summed E-state index contributed by atoms with van der Waals surface area (Å²) < 4.78 is 10.7. The topological polar surface area (TPSA) is 55.8 Å². The molecular formula is C22H23NO4S. The Morgan fingerprint density at radius 1 is 1.04 bits per heavy atom. The van der Waals surface area contributed by atoms with Crippen LogP contribution in [-0.2, 0) is 17.6 Å². The summed E-state index contributed by atoms with van der Waals surface area (Å²) in [6, 6.07) is 13.6. The van der Waals surface area contributed by atoms with E-state index in [4.69, 9.17) is 9.47 Å². The van der Waals surface area contributed by atoms with Crippen molar-refractivity contribution in [2.24, 2.45) is 0 Å². The molecule has 0 bridgehead atoms. The van der Waals surface area contributed by atoms with E-state index < -0.39 is 0 Å². The first kappa shape index (κ1) is 20.0. The molecule has 146 valence electrons. The van der Waals surface area contributed by atoms with Crippen molar-refractivity contribution in [3.63, 3.8) is 0 Å². The zero-order valence-corrected chi connectivity index (χ0v) is 17.0. The second kappa shape index (κ2) is 8.97. The number of thioether (sulfide) groups is 1. The summed E-state index contributed by atoms with van der Waals surface area (Å²) in [4.78, 5) is 26.8. The third-order valence-electron chi connectivity index (χ3n) is 4.65. The summed E-state index contributed by atoms with van der Waals surface area (Å²) in [5.41, 5.74) is 3.04. The third kappa shape index (κ3) is 4.22. The second-order valence-corrected chi connectivity index (χ2v) is 7.32. The number of imide groups is 1. The molecule has 1 aliphatic rings. The Hall–Kier alpha value is -2.73. The van der Waals surface area contributed by atoms with Gasteiger partial charge in [0.15, 0.2) is 11.5 Å². The largest absolute Gasteiger partial charge is 0.493 e.